The minimum absolute atomic E-state index is 0.0597. The molecule has 18 heteroatoms. The van der Waals surface area contributed by atoms with Gasteiger partial charge >= 0.3 is 0 Å². The van der Waals surface area contributed by atoms with Crippen LogP contribution in [-0.4, -0.2) is 99.2 Å². The molecule has 2 aromatic heterocycles. The van der Waals surface area contributed by atoms with Gasteiger partial charge in [0, 0.05) is 104 Å². The smallest absolute Gasteiger partial charge is 0.255 e. The van der Waals surface area contributed by atoms with Gasteiger partial charge in [0.15, 0.2) is 11.2 Å². The van der Waals surface area contributed by atoms with Crippen LogP contribution in [0.15, 0.2) is 72.5 Å². The summed E-state index contributed by atoms with van der Waals surface area (Å²) in [6.07, 6.45) is 7.61. The first-order valence-corrected chi connectivity index (χ1v) is 23.5. The number of piperidine rings is 2. The Kier molecular flexibility index (Phi) is 10.6. The number of aromatic nitrogens is 3. The van der Waals surface area contributed by atoms with Gasteiger partial charge in [-0.3, -0.25) is 34.6 Å². The van der Waals surface area contributed by atoms with Crippen molar-refractivity contribution in [2.45, 2.75) is 70.1 Å². The summed E-state index contributed by atoms with van der Waals surface area (Å²) in [5.74, 6) is -2.06. The van der Waals surface area contributed by atoms with Crippen molar-refractivity contribution in [3.63, 3.8) is 0 Å². The van der Waals surface area contributed by atoms with E-state index in [9.17, 15) is 24.0 Å². The number of fused-ring (bicyclic) bond motifs is 2. The average Bonchev–Trinajstić information content (AvgIpc) is 4.10. The lowest BCUT2D eigenvalue weighted by Gasteiger charge is -2.61. The van der Waals surface area contributed by atoms with Gasteiger partial charge in [0.1, 0.15) is 17.7 Å². The van der Waals surface area contributed by atoms with Crippen molar-refractivity contribution in [3.8, 4) is 11.1 Å². The highest BCUT2D eigenvalue weighted by atomic mass is 32.1. The Balaban J connectivity index is 0.667. The molecule has 0 radical (unpaired) electrons. The van der Waals surface area contributed by atoms with Crippen molar-refractivity contribution >= 4 is 63.1 Å². The molecule has 3 aromatic carbocycles. The highest BCUT2D eigenvalue weighted by Gasteiger charge is 2.53. The van der Waals surface area contributed by atoms with Gasteiger partial charge in [-0.15, -0.1) is 11.3 Å². The number of hydrogen-bond donors (Lipinski definition) is 3. The van der Waals surface area contributed by atoms with E-state index in [1.54, 1.807) is 36.1 Å². The van der Waals surface area contributed by atoms with Gasteiger partial charge in [0.2, 0.25) is 17.7 Å². The number of carbonyl (C=O) groups is 5. The second-order valence-electron chi connectivity index (χ2n) is 18.6. The minimum Gasteiger partial charge on any atom is -0.374 e. The molecule has 1 spiro atoms. The molecule has 0 aliphatic carbocycles. The van der Waals surface area contributed by atoms with Crippen LogP contribution in [0.1, 0.15) is 71.9 Å². The first-order valence-electron chi connectivity index (χ1n) is 22.6. The van der Waals surface area contributed by atoms with Gasteiger partial charge in [-0.05, 0) is 91.6 Å². The number of carbonyl (C=O) groups excluding carboxylic acids is 5. The van der Waals surface area contributed by atoms with Gasteiger partial charge < -0.3 is 29.5 Å². The maximum absolute atomic E-state index is 15.9. The molecule has 340 valence electrons. The normalized spacial score (nSPS) is 20.5. The van der Waals surface area contributed by atoms with E-state index in [1.807, 2.05) is 38.6 Å². The van der Waals surface area contributed by atoms with Crippen molar-refractivity contribution in [2.75, 3.05) is 59.7 Å². The van der Waals surface area contributed by atoms with Crippen LogP contribution in [0.2, 0.25) is 0 Å². The predicted molar refractivity (Wildman–Crippen MR) is 243 cm³/mol. The van der Waals surface area contributed by atoms with Crippen molar-refractivity contribution in [2.24, 2.45) is 11.3 Å². The van der Waals surface area contributed by atoms with E-state index < -0.39 is 35.6 Å². The maximum Gasteiger partial charge on any atom is 0.255 e. The molecule has 6 aliphatic rings. The van der Waals surface area contributed by atoms with E-state index in [-0.39, 0.29) is 53.1 Å². The van der Waals surface area contributed by atoms with Crippen molar-refractivity contribution in [1.82, 2.24) is 29.7 Å². The lowest BCUT2D eigenvalue weighted by atomic mass is 9.72. The summed E-state index contributed by atoms with van der Waals surface area (Å²) in [5.41, 5.74) is 5.32. The third-order valence-electron chi connectivity index (χ3n) is 14.3. The van der Waals surface area contributed by atoms with E-state index >= 15 is 8.78 Å². The quantitative estimate of drug-likeness (QED) is 0.139. The zero-order valence-corrected chi connectivity index (χ0v) is 36.9. The van der Waals surface area contributed by atoms with Crippen LogP contribution in [0.3, 0.4) is 0 Å². The van der Waals surface area contributed by atoms with Crippen LogP contribution in [0.4, 0.5) is 31.0 Å². The summed E-state index contributed by atoms with van der Waals surface area (Å²) in [5, 5.41) is 10.3. The van der Waals surface area contributed by atoms with Gasteiger partial charge in [-0.25, -0.2) is 18.7 Å². The number of halogens is 2. The third-order valence-corrected chi connectivity index (χ3v) is 14.9. The fourth-order valence-electron chi connectivity index (χ4n) is 10.8. The highest BCUT2D eigenvalue weighted by molar-refractivity contribution is 7.13. The van der Waals surface area contributed by atoms with E-state index in [1.165, 1.54) is 28.4 Å². The van der Waals surface area contributed by atoms with Crippen molar-refractivity contribution < 1.29 is 32.8 Å². The molecule has 11 rings (SSSR count). The summed E-state index contributed by atoms with van der Waals surface area (Å²) in [4.78, 5) is 81.4. The van der Waals surface area contributed by atoms with Crippen LogP contribution in [0, 0.1) is 23.0 Å². The summed E-state index contributed by atoms with van der Waals surface area (Å²) < 4.78 is 33.2. The van der Waals surface area contributed by atoms with Crippen molar-refractivity contribution in [3.05, 3.63) is 107 Å². The molecule has 4 saturated heterocycles. The first kappa shape index (κ1) is 42.0. The monoisotopic (exact) mass is 914 g/mol. The zero-order valence-electron chi connectivity index (χ0n) is 36.1. The largest absolute Gasteiger partial charge is 0.374 e. The topological polar surface area (TPSA) is 165 Å². The molecule has 2 unspecified atom stereocenters. The SMILES string of the molecule is O=C1CCC(Nc2ccc(N3CCC(CC(=O)N4CC5(C4)CN(c4ccc(-c6cc(F)c7c(c6)C(=O)N(C(C(=O)Nc6nccs6)c6ncn8c6CCC8)C7)cc4)C5)CC3)c(F)c2)C(=O)N1. The number of imide groups is 1. The Morgan fingerprint density at radius 1 is 0.879 bits per heavy atom. The summed E-state index contributed by atoms with van der Waals surface area (Å²) in [6, 6.07) is 14.3. The molecule has 2 atom stereocenters. The highest BCUT2D eigenvalue weighted by Crippen LogP contribution is 2.44. The number of thiazole rings is 1. The van der Waals surface area contributed by atoms with Crippen LogP contribution in [0.25, 0.3) is 11.1 Å². The summed E-state index contributed by atoms with van der Waals surface area (Å²) >= 11 is 1.28. The van der Waals surface area contributed by atoms with E-state index in [0.29, 0.717) is 53.7 Å². The molecule has 3 N–H and O–H groups in total. The summed E-state index contributed by atoms with van der Waals surface area (Å²) in [7, 11) is 0. The number of hydrogen-bond acceptors (Lipinski definition) is 11. The molecule has 0 saturated carbocycles. The molecular weight excluding hydrogens is 867 g/mol. The lowest BCUT2D eigenvalue weighted by molar-refractivity contribution is -0.146. The maximum atomic E-state index is 15.9. The number of nitrogens with one attached hydrogen (secondary N) is 3. The Bertz CT molecular complexity index is 2760. The van der Waals surface area contributed by atoms with E-state index in [2.05, 4.69) is 30.8 Å². The van der Waals surface area contributed by atoms with Crippen LogP contribution >= 0.6 is 11.3 Å². The molecule has 66 heavy (non-hydrogen) atoms. The fraction of sp³-hybridized carbons (Fsp3) is 0.396. The van der Waals surface area contributed by atoms with Crippen LogP contribution in [-0.2, 0) is 38.7 Å². The third kappa shape index (κ3) is 7.73. The molecule has 0 bridgehead atoms. The van der Waals surface area contributed by atoms with Crippen LogP contribution < -0.4 is 25.8 Å². The van der Waals surface area contributed by atoms with E-state index in [4.69, 9.17) is 0 Å². The second-order valence-corrected chi connectivity index (χ2v) is 19.5. The first-order chi connectivity index (χ1) is 32.0. The van der Waals surface area contributed by atoms with Crippen molar-refractivity contribution in [1.29, 1.82) is 0 Å². The standard InChI is InChI=1S/C48H48F2N10O5S/c49-35-20-30(19-33-34(35)22-60(46(33)65)43(45(64)55-47-51-13-17-66-47)42-39-2-1-14-57(39)27-52-42)29-3-6-32(7-4-29)58-23-48(24-58)25-59(26-48)41(62)18-28-11-15-56(16-12-28)38-9-5-31(21-36(38)50)53-37-8-10-40(61)54-44(37)63/h3-7,9,13,17,19-21,27-28,37,43,53H,1-2,8,10-12,14-16,18,22-26H2,(H,51,55,64)(H,54,61,63). The average molecular weight is 915 g/mol. The molecular formula is C48H48F2N10O5S. The van der Waals surface area contributed by atoms with Gasteiger partial charge in [-0.2, -0.15) is 0 Å². The molecule has 8 heterocycles. The minimum atomic E-state index is -1.06. The fourth-order valence-corrected chi connectivity index (χ4v) is 11.3. The number of anilines is 4. The molecule has 5 amide bonds. The van der Waals surface area contributed by atoms with Gasteiger partial charge in [0.05, 0.1) is 24.3 Å². The Morgan fingerprint density at radius 2 is 1.68 bits per heavy atom. The molecule has 15 nitrogen and oxygen atoms in total. The van der Waals surface area contributed by atoms with E-state index in [0.717, 1.165) is 75.4 Å². The zero-order chi connectivity index (χ0) is 45.3. The Hall–Kier alpha value is -6.69. The Morgan fingerprint density at radius 3 is 2.42 bits per heavy atom. The number of imidazole rings is 1. The van der Waals surface area contributed by atoms with Gasteiger partial charge in [-0.1, -0.05) is 12.1 Å². The number of benzene rings is 3. The summed E-state index contributed by atoms with van der Waals surface area (Å²) in [6.45, 7) is 5.13. The van der Waals surface area contributed by atoms with Gasteiger partial charge in [0.25, 0.3) is 11.8 Å². The molecule has 6 aliphatic heterocycles. The number of amides is 5. The molecule has 4 fully saturated rings. The number of aryl methyl sites for hydroxylation is 1. The lowest BCUT2D eigenvalue weighted by Crippen LogP contribution is -2.73. The predicted octanol–water partition coefficient (Wildman–Crippen LogP) is 5.74. The second kappa shape index (κ2) is 16.6. The number of nitrogens with zero attached hydrogens (tertiary/aromatic N) is 7. The Labute approximate surface area is 383 Å². The van der Waals surface area contributed by atoms with Crippen LogP contribution in [0.5, 0.6) is 0 Å². The number of likely N-dealkylation sites (tertiary alicyclic amines) is 1. The number of rotatable bonds is 11. The molecule has 5 aromatic rings.